The molecule has 1 aromatic heterocycles. The van der Waals surface area contributed by atoms with Crippen molar-refractivity contribution in [2.24, 2.45) is 0 Å². The molecule has 24 heavy (non-hydrogen) atoms. The summed E-state index contributed by atoms with van der Waals surface area (Å²) in [5, 5.41) is 15.7. The van der Waals surface area contributed by atoms with Gasteiger partial charge in [0.1, 0.15) is 12.7 Å². The molecule has 0 aliphatic carbocycles. The molecular weight excluding hydrogens is 308 g/mol. The lowest BCUT2D eigenvalue weighted by molar-refractivity contribution is 0.0696. The van der Waals surface area contributed by atoms with Gasteiger partial charge in [-0.25, -0.2) is 14.5 Å². The highest BCUT2D eigenvalue weighted by Gasteiger charge is 2.08. The molecule has 0 spiro atoms. The number of carbonyl (C=O) groups excluding carboxylic acids is 1. The third-order valence-electron chi connectivity index (χ3n) is 3.44. The lowest BCUT2D eigenvalue weighted by Gasteiger charge is -2.07. The van der Waals surface area contributed by atoms with E-state index < -0.39 is 5.97 Å². The van der Waals surface area contributed by atoms with E-state index in [0.29, 0.717) is 12.1 Å². The van der Waals surface area contributed by atoms with Crippen molar-refractivity contribution in [1.82, 2.24) is 20.1 Å². The van der Waals surface area contributed by atoms with Gasteiger partial charge in [0, 0.05) is 12.1 Å². The first-order chi connectivity index (χ1) is 11.6. The van der Waals surface area contributed by atoms with Gasteiger partial charge >= 0.3 is 5.97 Å². The summed E-state index contributed by atoms with van der Waals surface area (Å²) in [6, 6.07) is 13.4. The molecule has 2 aromatic carbocycles. The van der Waals surface area contributed by atoms with E-state index >= 15 is 0 Å². The van der Waals surface area contributed by atoms with E-state index in [1.54, 1.807) is 11.0 Å². The Hall–Kier alpha value is -3.48. The van der Waals surface area contributed by atoms with Crippen molar-refractivity contribution in [2.45, 2.75) is 6.54 Å². The standard InChI is InChI=1S/C17H14N4O3/c22-16(13-4-6-14(7-5-13)17(23)24)19-9-12-2-1-3-15(8-12)21-11-18-10-20-21/h1-8,10-11H,9H2,(H,19,22)(H,23,24). The number of hydrogen-bond acceptors (Lipinski definition) is 4. The van der Waals surface area contributed by atoms with E-state index in [9.17, 15) is 9.59 Å². The first-order valence-electron chi connectivity index (χ1n) is 7.19. The second kappa shape index (κ2) is 6.74. The van der Waals surface area contributed by atoms with Crippen LogP contribution < -0.4 is 5.32 Å². The Bertz CT molecular complexity index is 858. The fourth-order valence-electron chi connectivity index (χ4n) is 2.20. The van der Waals surface area contributed by atoms with E-state index in [4.69, 9.17) is 5.11 Å². The van der Waals surface area contributed by atoms with Crippen molar-refractivity contribution in [3.8, 4) is 5.69 Å². The van der Waals surface area contributed by atoms with Crippen LogP contribution in [0.5, 0.6) is 0 Å². The summed E-state index contributed by atoms with van der Waals surface area (Å²) in [6.07, 6.45) is 3.05. The number of carboxylic acids is 1. The van der Waals surface area contributed by atoms with Crippen molar-refractivity contribution < 1.29 is 14.7 Å². The summed E-state index contributed by atoms with van der Waals surface area (Å²) in [4.78, 5) is 26.8. The number of carbonyl (C=O) groups is 2. The van der Waals surface area contributed by atoms with E-state index in [-0.39, 0.29) is 11.5 Å². The molecule has 7 nitrogen and oxygen atoms in total. The molecule has 0 saturated carbocycles. The third-order valence-corrected chi connectivity index (χ3v) is 3.44. The molecule has 1 heterocycles. The number of nitrogens with one attached hydrogen (secondary N) is 1. The third kappa shape index (κ3) is 3.46. The van der Waals surface area contributed by atoms with Crippen LogP contribution in [0, 0.1) is 0 Å². The Morgan fingerprint density at radius 1 is 1.08 bits per heavy atom. The monoisotopic (exact) mass is 322 g/mol. The number of aromatic nitrogens is 3. The Kier molecular flexibility index (Phi) is 4.33. The number of rotatable bonds is 5. The van der Waals surface area contributed by atoms with Gasteiger partial charge in [-0.2, -0.15) is 5.10 Å². The normalized spacial score (nSPS) is 10.3. The van der Waals surface area contributed by atoms with Gasteiger partial charge in [0.2, 0.25) is 0 Å². The molecule has 7 heteroatoms. The van der Waals surface area contributed by atoms with Crippen LogP contribution in [0.1, 0.15) is 26.3 Å². The highest BCUT2D eigenvalue weighted by atomic mass is 16.4. The average molecular weight is 322 g/mol. The molecule has 3 aromatic rings. The van der Waals surface area contributed by atoms with Crippen LogP contribution >= 0.6 is 0 Å². The Morgan fingerprint density at radius 3 is 2.50 bits per heavy atom. The number of carboxylic acid groups (broad SMARTS) is 1. The van der Waals surface area contributed by atoms with Crippen molar-refractivity contribution in [1.29, 1.82) is 0 Å². The molecular formula is C17H14N4O3. The van der Waals surface area contributed by atoms with Crippen molar-refractivity contribution in [2.75, 3.05) is 0 Å². The quantitative estimate of drug-likeness (QED) is 0.747. The summed E-state index contributed by atoms with van der Waals surface area (Å²) >= 11 is 0. The lowest BCUT2D eigenvalue weighted by atomic mass is 10.1. The molecule has 0 fully saturated rings. The maximum Gasteiger partial charge on any atom is 0.335 e. The van der Waals surface area contributed by atoms with Gasteiger partial charge in [-0.05, 0) is 42.0 Å². The summed E-state index contributed by atoms with van der Waals surface area (Å²) in [5.74, 6) is -1.29. The van der Waals surface area contributed by atoms with Crippen LogP contribution in [-0.4, -0.2) is 31.7 Å². The minimum absolute atomic E-state index is 0.145. The van der Waals surface area contributed by atoms with Gasteiger partial charge in [-0.3, -0.25) is 4.79 Å². The first-order valence-corrected chi connectivity index (χ1v) is 7.19. The SMILES string of the molecule is O=C(O)c1ccc(C(=O)NCc2cccc(-n3cncn3)c2)cc1. The predicted octanol–water partition coefficient (Wildman–Crippen LogP) is 1.90. The second-order valence-corrected chi connectivity index (χ2v) is 5.08. The highest BCUT2D eigenvalue weighted by molar-refractivity contribution is 5.95. The van der Waals surface area contributed by atoms with Crippen LogP contribution in [0.4, 0.5) is 0 Å². The zero-order chi connectivity index (χ0) is 16.9. The van der Waals surface area contributed by atoms with Crippen LogP contribution in [-0.2, 0) is 6.54 Å². The first kappa shape index (κ1) is 15.4. The van der Waals surface area contributed by atoms with Crippen molar-refractivity contribution in [3.05, 3.63) is 77.9 Å². The zero-order valence-electron chi connectivity index (χ0n) is 12.6. The molecule has 0 unspecified atom stereocenters. The fourth-order valence-corrected chi connectivity index (χ4v) is 2.20. The number of nitrogens with zero attached hydrogens (tertiary/aromatic N) is 3. The summed E-state index contributed by atoms with van der Waals surface area (Å²) in [7, 11) is 0. The van der Waals surface area contributed by atoms with Crippen LogP contribution in [0.25, 0.3) is 5.69 Å². The van der Waals surface area contributed by atoms with Gasteiger partial charge < -0.3 is 10.4 Å². The number of hydrogen-bond donors (Lipinski definition) is 2. The molecule has 120 valence electrons. The molecule has 1 amide bonds. The number of aromatic carboxylic acids is 1. The van der Waals surface area contributed by atoms with E-state index in [2.05, 4.69) is 15.4 Å². The Labute approximate surface area is 137 Å². The second-order valence-electron chi connectivity index (χ2n) is 5.08. The summed E-state index contributed by atoms with van der Waals surface area (Å²) in [6.45, 7) is 0.349. The van der Waals surface area contributed by atoms with Gasteiger partial charge in [0.25, 0.3) is 5.91 Å². The maximum absolute atomic E-state index is 12.1. The summed E-state index contributed by atoms with van der Waals surface area (Å²) < 4.78 is 1.63. The van der Waals surface area contributed by atoms with Gasteiger partial charge in [-0.1, -0.05) is 12.1 Å². The minimum atomic E-state index is -1.02. The van der Waals surface area contributed by atoms with E-state index in [0.717, 1.165) is 11.3 Å². The molecule has 0 atom stereocenters. The van der Waals surface area contributed by atoms with Gasteiger partial charge in [0.05, 0.1) is 11.3 Å². The average Bonchev–Trinajstić information content (AvgIpc) is 3.15. The molecule has 3 rings (SSSR count). The Morgan fingerprint density at radius 2 is 1.83 bits per heavy atom. The molecule has 2 N–H and O–H groups in total. The summed E-state index contributed by atoms with van der Waals surface area (Å²) in [5.41, 5.74) is 2.32. The fraction of sp³-hybridized carbons (Fsp3) is 0.0588. The Balaban J connectivity index is 1.66. The van der Waals surface area contributed by atoms with Crippen LogP contribution in [0.3, 0.4) is 0 Å². The molecule has 0 saturated heterocycles. The lowest BCUT2D eigenvalue weighted by Crippen LogP contribution is -2.22. The topological polar surface area (TPSA) is 97.1 Å². The maximum atomic E-state index is 12.1. The van der Waals surface area contributed by atoms with Crippen molar-refractivity contribution >= 4 is 11.9 Å². The van der Waals surface area contributed by atoms with E-state index in [1.807, 2.05) is 24.3 Å². The van der Waals surface area contributed by atoms with Crippen molar-refractivity contribution in [3.63, 3.8) is 0 Å². The minimum Gasteiger partial charge on any atom is -0.478 e. The zero-order valence-corrected chi connectivity index (χ0v) is 12.6. The number of benzene rings is 2. The molecule has 0 aliphatic rings. The van der Waals surface area contributed by atoms with Crippen LogP contribution in [0.15, 0.2) is 61.2 Å². The molecule has 0 bridgehead atoms. The molecule has 0 radical (unpaired) electrons. The smallest absolute Gasteiger partial charge is 0.335 e. The number of amides is 1. The van der Waals surface area contributed by atoms with E-state index in [1.165, 1.54) is 30.6 Å². The van der Waals surface area contributed by atoms with Gasteiger partial charge in [-0.15, -0.1) is 0 Å². The largest absolute Gasteiger partial charge is 0.478 e. The predicted molar refractivity (Wildman–Crippen MR) is 85.9 cm³/mol. The van der Waals surface area contributed by atoms with Gasteiger partial charge in [0.15, 0.2) is 0 Å². The molecule has 0 aliphatic heterocycles. The highest BCUT2D eigenvalue weighted by Crippen LogP contribution is 2.10. The van der Waals surface area contributed by atoms with Crippen LogP contribution in [0.2, 0.25) is 0 Å².